The van der Waals surface area contributed by atoms with Gasteiger partial charge in [0.2, 0.25) is 15.9 Å². The Labute approximate surface area is 219 Å². The summed E-state index contributed by atoms with van der Waals surface area (Å²) in [6.45, 7) is 5.97. The minimum absolute atomic E-state index is 0.0446. The summed E-state index contributed by atoms with van der Waals surface area (Å²) < 4.78 is 60.7. The predicted octanol–water partition coefficient (Wildman–Crippen LogP) is 5.41. The van der Waals surface area contributed by atoms with Gasteiger partial charge in [0.05, 0.1) is 6.04 Å². The van der Waals surface area contributed by atoms with Gasteiger partial charge in [-0.3, -0.25) is 4.79 Å². The zero-order valence-electron chi connectivity index (χ0n) is 20.8. The van der Waals surface area contributed by atoms with Gasteiger partial charge in [-0.2, -0.15) is 4.31 Å². The van der Waals surface area contributed by atoms with Crippen molar-refractivity contribution in [1.82, 2.24) is 14.8 Å². The monoisotopic (exact) mass is 549 g/mol. The lowest BCUT2D eigenvalue weighted by atomic mass is 9.95. The molecule has 0 radical (unpaired) electrons. The van der Waals surface area contributed by atoms with Crippen molar-refractivity contribution in [1.29, 1.82) is 0 Å². The van der Waals surface area contributed by atoms with Crippen molar-refractivity contribution in [2.45, 2.75) is 44.6 Å². The molecule has 2 aromatic heterocycles. The molecular formula is C26H29F2N3O4S2. The summed E-state index contributed by atoms with van der Waals surface area (Å²) in [4.78, 5) is 14.0. The molecule has 1 aromatic carbocycles. The molecule has 1 atom stereocenters. The van der Waals surface area contributed by atoms with E-state index in [-0.39, 0.29) is 58.8 Å². The SMILES string of the molecule is Cc1noc(/C=C/c2ccc(F)cc2F)c1S(=O)(=O)N1CCC(C(=O)N[C@@H](c2cccs2)C(C)C)CC1. The number of thiophene rings is 1. The molecule has 1 saturated heterocycles. The molecule has 1 aliphatic rings. The van der Waals surface area contributed by atoms with E-state index in [1.807, 2.05) is 17.5 Å². The maximum absolute atomic E-state index is 14.0. The average molecular weight is 550 g/mol. The summed E-state index contributed by atoms with van der Waals surface area (Å²) >= 11 is 1.60. The Hall–Kier alpha value is -2.89. The lowest BCUT2D eigenvalue weighted by Gasteiger charge is -2.32. The summed E-state index contributed by atoms with van der Waals surface area (Å²) in [5.74, 6) is -1.69. The van der Waals surface area contributed by atoms with Gasteiger partial charge in [-0.15, -0.1) is 11.3 Å². The van der Waals surface area contributed by atoms with Gasteiger partial charge in [0.1, 0.15) is 17.3 Å². The molecule has 7 nitrogen and oxygen atoms in total. The van der Waals surface area contributed by atoms with Crippen LogP contribution in [-0.2, 0) is 14.8 Å². The molecule has 1 N–H and O–H groups in total. The molecule has 1 amide bonds. The number of halogens is 2. The van der Waals surface area contributed by atoms with Crippen molar-refractivity contribution in [2.24, 2.45) is 11.8 Å². The van der Waals surface area contributed by atoms with Crippen molar-refractivity contribution in [3.05, 3.63) is 69.2 Å². The highest BCUT2D eigenvalue weighted by atomic mass is 32.2. The molecule has 11 heteroatoms. The van der Waals surface area contributed by atoms with E-state index in [1.54, 1.807) is 11.3 Å². The first-order chi connectivity index (χ1) is 17.6. The summed E-state index contributed by atoms with van der Waals surface area (Å²) in [6, 6.07) is 6.97. The number of amides is 1. The van der Waals surface area contributed by atoms with E-state index in [2.05, 4.69) is 24.3 Å². The third-order valence-electron chi connectivity index (χ3n) is 6.45. The lowest BCUT2D eigenvalue weighted by Crippen LogP contribution is -2.44. The van der Waals surface area contributed by atoms with Crippen molar-refractivity contribution >= 4 is 39.4 Å². The minimum atomic E-state index is -3.98. The van der Waals surface area contributed by atoms with Crippen molar-refractivity contribution in [2.75, 3.05) is 13.1 Å². The van der Waals surface area contributed by atoms with Gasteiger partial charge in [-0.1, -0.05) is 25.1 Å². The number of nitrogens with zero attached hydrogens (tertiary/aromatic N) is 2. The molecule has 3 heterocycles. The Morgan fingerprint density at radius 3 is 2.57 bits per heavy atom. The van der Waals surface area contributed by atoms with E-state index in [0.717, 1.165) is 17.0 Å². The van der Waals surface area contributed by atoms with Gasteiger partial charge in [-0.25, -0.2) is 17.2 Å². The lowest BCUT2D eigenvalue weighted by molar-refractivity contribution is -0.127. The number of sulfonamides is 1. The highest BCUT2D eigenvalue weighted by Crippen LogP contribution is 2.31. The van der Waals surface area contributed by atoms with Crippen LogP contribution in [0.15, 0.2) is 45.1 Å². The number of aryl methyl sites for hydroxylation is 1. The smallest absolute Gasteiger partial charge is 0.248 e. The molecule has 0 spiro atoms. The van der Waals surface area contributed by atoms with Crippen LogP contribution in [0, 0.1) is 30.4 Å². The fourth-order valence-electron chi connectivity index (χ4n) is 4.39. The van der Waals surface area contributed by atoms with Gasteiger partial charge in [-0.05, 0) is 61.4 Å². The molecule has 37 heavy (non-hydrogen) atoms. The van der Waals surface area contributed by atoms with Crippen LogP contribution in [0.2, 0.25) is 0 Å². The topological polar surface area (TPSA) is 92.5 Å². The second kappa shape index (κ2) is 11.2. The van der Waals surface area contributed by atoms with Crippen LogP contribution in [0.25, 0.3) is 12.2 Å². The second-order valence-electron chi connectivity index (χ2n) is 9.38. The third kappa shape index (κ3) is 6.00. The predicted molar refractivity (Wildman–Crippen MR) is 138 cm³/mol. The van der Waals surface area contributed by atoms with E-state index in [9.17, 15) is 22.0 Å². The normalized spacial score (nSPS) is 16.5. The summed E-state index contributed by atoms with van der Waals surface area (Å²) in [5, 5.41) is 8.92. The van der Waals surface area contributed by atoms with Crippen molar-refractivity contribution < 1.29 is 26.5 Å². The molecular weight excluding hydrogens is 520 g/mol. The van der Waals surface area contributed by atoms with Crippen LogP contribution in [-0.4, -0.2) is 36.9 Å². The van der Waals surface area contributed by atoms with Crippen LogP contribution in [0.4, 0.5) is 8.78 Å². The van der Waals surface area contributed by atoms with Crippen LogP contribution < -0.4 is 5.32 Å². The van der Waals surface area contributed by atoms with Crippen LogP contribution >= 0.6 is 11.3 Å². The van der Waals surface area contributed by atoms with E-state index in [4.69, 9.17) is 4.52 Å². The number of hydrogen-bond donors (Lipinski definition) is 1. The van der Waals surface area contributed by atoms with E-state index in [0.29, 0.717) is 12.8 Å². The molecule has 0 bridgehead atoms. The first-order valence-corrected chi connectivity index (χ1v) is 14.3. The quantitative estimate of drug-likeness (QED) is 0.406. The number of aromatic nitrogens is 1. The zero-order chi connectivity index (χ0) is 26.7. The van der Waals surface area contributed by atoms with Gasteiger partial charge < -0.3 is 9.84 Å². The van der Waals surface area contributed by atoms with E-state index in [1.165, 1.54) is 29.4 Å². The number of nitrogens with one attached hydrogen (secondary N) is 1. The van der Waals surface area contributed by atoms with Crippen molar-refractivity contribution in [3.8, 4) is 0 Å². The van der Waals surface area contributed by atoms with E-state index >= 15 is 0 Å². The first kappa shape index (κ1) is 27.2. The fraction of sp³-hybridized carbons (Fsp3) is 0.385. The Bertz CT molecular complexity index is 1380. The van der Waals surface area contributed by atoms with Crippen molar-refractivity contribution in [3.63, 3.8) is 0 Å². The molecule has 0 unspecified atom stereocenters. The molecule has 1 fully saturated rings. The third-order valence-corrected chi connectivity index (χ3v) is 9.46. The average Bonchev–Trinajstić information content (AvgIpc) is 3.52. The molecule has 0 aliphatic carbocycles. The molecule has 3 aromatic rings. The van der Waals surface area contributed by atoms with Crippen LogP contribution in [0.1, 0.15) is 54.6 Å². The zero-order valence-corrected chi connectivity index (χ0v) is 22.4. The molecule has 1 aliphatic heterocycles. The highest BCUT2D eigenvalue weighted by molar-refractivity contribution is 7.89. The number of carbonyl (C=O) groups excluding carboxylic acids is 1. The van der Waals surface area contributed by atoms with E-state index < -0.39 is 21.7 Å². The summed E-state index contributed by atoms with van der Waals surface area (Å²) in [5.41, 5.74) is 0.252. The maximum atomic E-state index is 14.0. The number of carbonyl (C=O) groups is 1. The molecule has 4 rings (SSSR count). The molecule has 198 valence electrons. The molecule has 0 saturated carbocycles. The summed E-state index contributed by atoms with van der Waals surface area (Å²) in [6.07, 6.45) is 3.39. The number of rotatable bonds is 8. The van der Waals surface area contributed by atoms with Gasteiger partial charge in [0.25, 0.3) is 0 Å². The number of hydrogen-bond acceptors (Lipinski definition) is 6. The van der Waals surface area contributed by atoms with Gasteiger partial charge in [0.15, 0.2) is 10.7 Å². The van der Waals surface area contributed by atoms with Crippen LogP contribution in [0.5, 0.6) is 0 Å². The largest absolute Gasteiger partial charge is 0.355 e. The maximum Gasteiger partial charge on any atom is 0.248 e. The standard InChI is InChI=1S/C26H29F2N3O4S2/c1-16(2)24(23-5-4-14-36-23)29-26(32)19-10-12-31(13-11-19)37(33,34)25-17(3)30-35-22(25)9-7-18-6-8-20(27)15-21(18)28/h4-9,14-16,19,24H,10-13H2,1-3H3,(H,29,32)/b9-7+/t24-/m1/s1. The second-order valence-corrected chi connectivity index (χ2v) is 12.2. The first-order valence-electron chi connectivity index (χ1n) is 12.0. The Kier molecular flexibility index (Phi) is 8.25. The Morgan fingerprint density at radius 1 is 1.22 bits per heavy atom. The Balaban J connectivity index is 1.45. The summed E-state index contributed by atoms with van der Waals surface area (Å²) in [7, 11) is -3.98. The van der Waals surface area contributed by atoms with Crippen LogP contribution in [0.3, 0.4) is 0 Å². The minimum Gasteiger partial charge on any atom is -0.355 e. The highest BCUT2D eigenvalue weighted by Gasteiger charge is 2.36. The van der Waals surface area contributed by atoms with Gasteiger partial charge >= 0.3 is 0 Å². The Morgan fingerprint density at radius 2 is 1.95 bits per heavy atom. The van der Waals surface area contributed by atoms with Gasteiger partial charge in [0, 0.05) is 35.5 Å². The number of benzene rings is 1. The number of piperidine rings is 1. The fourth-order valence-corrected chi connectivity index (χ4v) is 7.06.